The number of hydrogen-bond donors (Lipinski definition) is 0. The van der Waals surface area contributed by atoms with Crippen LogP contribution in [0.5, 0.6) is 0 Å². The van der Waals surface area contributed by atoms with E-state index in [9.17, 15) is 4.39 Å². The van der Waals surface area contributed by atoms with Crippen molar-refractivity contribution in [2.75, 3.05) is 0 Å². The molecular weight excluding hydrogens is 315 g/mol. The van der Waals surface area contributed by atoms with Crippen molar-refractivity contribution in [2.45, 2.75) is 0 Å². The highest BCUT2D eigenvalue weighted by Crippen LogP contribution is 2.32. The summed E-state index contributed by atoms with van der Waals surface area (Å²) in [6, 6.07) is 13.5. The third-order valence-electron chi connectivity index (χ3n) is 3.52. The minimum absolute atomic E-state index is 0.288. The summed E-state index contributed by atoms with van der Waals surface area (Å²) in [5.41, 5.74) is 3.88. The van der Waals surface area contributed by atoms with E-state index in [0.717, 1.165) is 16.8 Å². The molecule has 1 aromatic carbocycles. The molecule has 23 heavy (non-hydrogen) atoms. The van der Waals surface area contributed by atoms with Gasteiger partial charge in [-0.25, -0.2) is 13.9 Å². The summed E-state index contributed by atoms with van der Waals surface area (Å²) in [5, 5.41) is 4.71. The molecule has 0 aliphatic rings. The maximum absolute atomic E-state index is 13.2. The van der Waals surface area contributed by atoms with E-state index in [4.69, 9.17) is 11.6 Å². The lowest BCUT2D eigenvalue weighted by Crippen LogP contribution is -1.95. The Labute approximate surface area is 136 Å². The summed E-state index contributed by atoms with van der Waals surface area (Å²) in [4.78, 5) is 8.67. The number of benzene rings is 1. The fourth-order valence-corrected chi connectivity index (χ4v) is 2.63. The van der Waals surface area contributed by atoms with E-state index < -0.39 is 0 Å². The molecule has 0 N–H and O–H groups in total. The van der Waals surface area contributed by atoms with Crippen molar-refractivity contribution in [1.82, 2.24) is 19.6 Å². The zero-order chi connectivity index (χ0) is 15.8. The minimum atomic E-state index is -0.288. The van der Waals surface area contributed by atoms with Crippen LogP contribution in [0.4, 0.5) is 4.39 Å². The lowest BCUT2D eigenvalue weighted by molar-refractivity contribution is 0.628. The van der Waals surface area contributed by atoms with Gasteiger partial charge in [-0.3, -0.25) is 4.98 Å². The highest BCUT2D eigenvalue weighted by Gasteiger charge is 2.17. The van der Waals surface area contributed by atoms with Crippen molar-refractivity contribution in [2.24, 2.45) is 0 Å². The van der Waals surface area contributed by atoms with Gasteiger partial charge >= 0.3 is 0 Å². The van der Waals surface area contributed by atoms with Gasteiger partial charge in [-0.2, -0.15) is 5.10 Å². The highest BCUT2D eigenvalue weighted by atomic mass is 35.5. The first-order chi connectivity index (χ1) is 11.2. The van der Waals surface area contributed by atoms with Crippen LogP contribution in [-0.4, -0.2) is 19.6 Å². The van der Waals surface area contributed by atoms with Crippen molar-refractivity contribution in [3.05, 3.63) is 71.9 Å². The first-order valence-corrected chi connectivity index (χ1v) is 7.32. The molecule has 3 heterocycles. The number of fused-ring (bicyclic) bond motifs is 1. The molecule has 4 aromatic rings. The minimum Gasteiger partial charge on any atom is -0.265 e. The predicted octanol–water partition coefficient (Wildman–Crippen LogP) is 4.25. The number of aromatic nitrogens is 4. The molecule has 0 radical (unpaired) electrons. The molecule has 0 saturated heterocycles. The number of halogens is 2. The molecule has 6 heteroatoms. The van der Waals surface area contributed by atoms with Crippen molar-refractivity contribution >= 4 is 17.2 Å². The monoisotopic (exact) mass is 324 g/mol. The third-order valence-corrected chi connectivity index (χ3v) is 3.72. The lowest BCUT2D eigenvalue weighted by Gasteiger charge is -2.05. The summed E-state index contributed by atoms with van der Waals surface area (Å²) in [6.45, 7) is 0. The second kappa shape index (κ2) is 5.44. The molecule has 0 amide bonds. The standard InChI is InChI=1S/C17H10ClFN4/c18-14-5-6-15-21-16(11-1-3-13(19)4-2-11)17(23(15)22-14)12-7-9-20-10-8-12/h1-10H. The fraction of sp³-hybridized carbons (Fsp3) is 0. The zero-order valence-electron chi connectivity index (χ0n) is 11.8. The van der Waals surface area contributed by atoms with Gasteiger partial charge in [-0.15, -0.1) is 0 Å². The van der Waals surface area contributed by atoms with Crippen molar-refractivity contribution in [3.8, 4) is 22.5 Å². The highest BCUT2D eigenvalue weighted by molar-refractivity contribution is 6.29. The number of nitrogens with zero attached hydrogens (tertiary/aromatic N) is 4. The first kappa shape index (κ1) is 13.8. The van der Waals surface area contributed by atoms with Crippen LogP contribution in [0.15, 0.2) is 60.9 Å². The largest absolute Gasteiger partial charge is 0.265 e. The lowest BCUT2D eigenvalue weighted by atomic mass is 10.1. The van der Waals surface area contributed by atoms with Gasteiger partial charge in [0, 0.05) is 23.5 Å². The molecular formula is C17H10ClFN4. The molecule has 0 saturated carbocycles. The number of pyridine rings is 1. The van der Waals surface area contributed by atoms with Crippen LogP contribution in [0.25, 0.3) is 28.2 Å². The van der Waals surface area contributed by atoms with Gasteiger partial charge in [0.1, 0.15) is 16.7 Å². The number of hydrogen-bond acceptors (Lipinski definition) is 3. The topological polar surface area (TPSA) is 43.1 Å². The molecule has 112 valence electrons. The van der Waals surface area contributed by atoms with Gasteiger partial charge in [-0.1, -0.05) is 11.6 Å². The Morgan fingerprint density at radius 1 is 0.870 bits per heavy atom. The summed E-state index contributed by atoms with van der Waals surface area (Å²) < 4.78 is 14.9. The fourth-order valence-electron chi connectivity index (χ4n) is 2.49. The second-order valence-electron chi connectivity index (χ2n) is 4.98. The van der Waals surface area contributed by atoms with E-state index in [1.54, 1.807) is 41.2 Å². The molecule has 0 atom stereocenters. The molecule has 4 rings (SSSR count). The zero-order valence-corrected chi connectivity index (χ0v) is 12.6. The van der Waals surface area contributed by atoms with Gasteiger partial charge < -0.3 is 0 Å². The van der Waals surface area contributed by atoms with Crippen molar-refractivity contribution < 1.29 is 4.39 Å². The van der Waals surface area contributed by atoms with Crippen LogP contribution in [-0.2, 0) is 0 Å². The molecule has 0 unspecified atom stereocenters. The van der Waals surface area contributed by atoms with E-state index in [1.807, 2.05) is 12.1 Å². The Bertz CT molecular complexity index is 981. The predicted molar refractivity (Wildman–Crippen MR) is 86.6 cm³/mol. The van der Waals surface area contributed by atoms with Crippen molar-refractivity contribution in [1.29, 1.82) is 0 Å². The summed E-state index contributed by atoms with van der Waals surface area (Å²) in [6.07, 6.45) is 3.40. The Balaban J connectivity index is 2.05. The Kier molecular flexibility index (Phi) is 3.28. The quantitative estimate of drug-likeness (QED) is 0.553. The maximum atomic E-state index is 13.2. The normalized spacial score (nSPS) is 11.0. The van der Waals surface area contributed by atoms with Gasteiger partial charge in [0.15, 0.2) is 5.65 Å². The van der Waals surface area contributed by atoms with Crippen LogP contribution in [0.1, 0.15) is 0 Å². The van der Waals surface area contributed by atoms with E-state index in [1.165, 1.54) is 12.1 Å². The van der Waals surface area contributed by atoms with E-state index in [0.29, 0.717) is 16.5 Å². The smallest absolute Gasteiger partial charge is 0.155 e. The maximum Gasteiger partial charge on any atom is 0.155 e. The SMILES string of the molecule is Fc1ccc(-c2nc3ccc(Cl)nn3c2-c2ccncc2)cc1. The van der Waals surface area contributed by atoms with Gasteiger partial charge in [0.05, 0.1) is 5.69 Å². The average molecular weight is 325 g/mol. The molecule has 4 nitrogen and oxygen atoms in total. The molecule has 0 spiro atoms. The summed E-state index contributed by atoms with van der Waals surface area (Å²) in [7, 11) is 0. The summed E-state index contributed by atoms with van der Waals surface area (Å²) >= 11 is 6.03. The molecule has 0 aliphatic carbocycles. The van der Waals surface area contributed by atoms with Crippen molar-refractivity contribution in [3.63, 3.8) is 0 Å². The second-order valence-corrected chi connectivity index (χ2v) is 5.37. The van der Waals surface area contributed by atoms with Crippen LogP contribution in [0, 0.1) is 5.82 Å². The summed E-state index contributed by atoms with van der Waals surface area (Å²) in [5.74, 6) is -0.288. The first-order valence-electron chi connectivity index (χ1n) is 6.94. The average Bonchev–Trinajstić information content (AvgIpc) is 2.95. The van der Waals surface area contributed by atoms with Crippen LogP contribution in [0.3, 0.4) is 0 Å². The van der Waals surface area contributed by atoms with Gasteiger partial charge in [0.2, 0.25) is 0 Å². The van der Waals surface area contributed by atoms with E-state index >= 15 is 0 Å². The van der Waals surface area contributed by atoms with Crippen LogP contribution < -0.4 is 0 Å². The number of imidazole rings is 1. The van der Waals surface area contributed by atoms with Gasteiger partial charge in [-0.05, 0) is 48.5 Å². The third kappa shape index (κ3) is 2.45. The molecule has 0 aliphatic heterocycles. The molecule has 3 aromatic heterocycles. The Morgan fingerprint density at radius 3 is 2.35 bits per heavy atom. The molecule has 0 bridgehead atoms. The van der Waals surface area contributed by atoms with Crippen LogP contribution in [0.2, 0.25) is 5.15 Å². The Morgan fingerprint density at radius 2 is 1.61 bits per heavy atom. The number of rotatable bonds is 2. The van der Waals surface area contributed by atoms with Gasteiger partial charge in [0.25, 0.3) is 0 Å². The Hall–Kier alpha value is -2.79. The molecule has 0 fully saturated rings. The van der Waals surface area contributed by atoms with E-state index in [-0.39, 0.29) is 5.82 Å². The van der Waals surface area contributed by atoms with Crippen LogP contribution >= 0.6 is 11.6 Å². The van der Waals surface area contributed by atoms with E-state index in [2.05, 4.69) is 15.1 Å².